The highest BCUT2D eigenvalue weighted by molar-refractivity contribution is 5.93. The van der Waals surface area contributed by atoms with E-state index in [0.29, 0.717) is 6.54 Å². The normalized spacial score (nSPS) is 9.75. The third-order valence-corrected chi connectivity index (χ3v) is 2.31. The fourth-order valence-corrected chi connectivity index (χ4v) is 1.32. The fourth-order valence-electron chi connectivity index (χ4n) is 1.32. The van der Waals surface area contributed by atoms with Gasteiger partial charge in [-0.1, -0.05) is 25.8 Å². The van der Waals surface area contributed by atoms with E-state index in [1.807, 2.05) is 0 Å². The maximum absolute atomic E-state index is 7.15. The minimum absolute atomic E-state index is 0.104. The van der Waals surface area contributed by atoms with E-state index in [4.69, 9.17) is 22.6 Å². The van der Waals surface area contributed by atoms with Crippen molar-refractivity contribution in [3.63, 3.8) is 0 Å². The molecule has 0 aromatic rings. The van der Waals surface area contributed by atoms with Gasteiger partial charge in [-0.15, -0.1) is 0 Å². The molecule has 0 fully saturated rings. The number of rotatable bonds is 9. The van der Waals surface area contributed by atoms with Gasteiger partial charge in [0, 0.05) is 6.54 Å². The van der Waals surface area contributed by atoms with Crippen LogP contribution in [0.15, 0.2) is 17.1 Å². The Morgan fingerprint density at radius 2 is 1.56 bits per heavy atom. The zero-order chi connectivity index (χ0) is 12.4. The number of guanidine groups is 1. The van der Waals surface area contributed by atoms with Gasteiger partial charge in [-0.25, -0.2) is 0 Å². The van der Waals surface area contributed by atoms with Crippen LogP contribution in [0.1, 0.15) is 38.5 Å². The first-order chi connectivity index (χ1) is 7.54. The highest BCUT2D eigenvalue weighted by Crippen LogP contribution is 2.09. The lowest BCUT2D eigenvalue weighted by Crippen LogP contribution is -2.22. The van der Waals surface area contributed by atoms with Gasteiger partial charge in [-0.3, -0.25) is 10.4 Å². The number of hydrogen-bond donors (Lipinski definition) is 4. The molecule has 0 atom stereocenters. The number of amidine groups is 1. The summed E-state index contributed by atoms with van der Waals surface area (Å²) in [6.07, 6.45) is 6.30. The third kappa shape index (κ3) is 9.05. The van der Waals surface area contributed by atoms with Gasteiger partial charge in [0.1, 0.15) is 5.84 Å². The highest BCUT2D eigenvalue weighted by atomic mass is 15.0. The molecule has 0 amide bonds. The summed E-state index contributed by atoms with van der Waals surface area (Å²) in [5.41, 5.74) is 16.4. The van der Waals surface area contributed by atoms with Crippen LogP contribution in [0.2, 0.25) is 0 Å². The number of nitrogens with two attached hydrogens (primary N) is 3. The minimum Gasteiger partial charge on any atom is -0.384 e. The van der Waals surface area contributed by atoms with Crippen molar-refractivity contribution >= 4 is 11.8 Å². The van der Waals surface area contributed by atoms with Crippen LogP contribution in [-0.4, -0.2) is 18.3 Å². The summed E-state index contributed by atoms with van der Waals surface area (Å²) >= 11 is 0. The molecule has 16 heavy (non-hydrogen) atoms. The van der Waals surface area contributed by atoms with Crippen molar-refractivity contribution < 1.29 is 0 Å². The Labute approximate surface area is 97.3 Å². The molecular weight excluding hydrogens is 202 g/mol. The molecule has 0 aliphatic rings. The SMILES string of the molecule is C=C(CCCCCCCN=C(N)N)C(=N)N. The van der Waals surface area contributed by atoms with Crippen molar-refractivity contribution in [2.45, 2.75) is 38.5 Å². The monoisotopic (exact) mass is 225 g/mol. The maximum atomic E-state index is 7.15. The van der Waals surface area contributed by atoms with Gasteiger partial charge in [0.15, 0.2) is 5.96 Å². The molecule has 5 heteroatoms. The summed E-state index contributed by atoms with van der Waals surface area (Å²) in [5, 5.41) is 7.15. The van der Waals surface area contributed by atoms with E-state index in [9.17, 15) is 0 Å². The first-order valence-electron chi connectivity index (χ1n) is 5.61. The lowest BCUT2D eigenvalue weighted by atomic mass is 10.1. The molecule has 5 nitrogen and oxygen atoms in total. The van der Waals surface area contributed by atoms with Gasteiger partial charge in [0.05, 0.1) is 0 Å². The molecular formula is C11H23N5. The second-order valence-electron chi connectivity index (χ2n) is 3.84. The molecule has 0 aliphatic heterocycles. The van der Waals surface area contributed by atoms with Crippen LogP contribution in [0, 0.1) is 5.41 Å². The van der Waals surface area contributed by atoms with Crippen LogP contribution in [0.4, 0.5) is 0 Å². The molecule has 0 saturated carbocycles. The van der Waals surface area contributed by atoms with Gasteiger partial charge in [0.25, 0.3) is 0 Å². The smallest absolute Gasteiger partial charge is 0.185 e. The van der Waals surface area contributed by atoms with Gasteiger partial charge >= 0.3 is 0 Å². The number of aliphatic imine (C=N–C) groups is 1. The zero-order valence-corrected chi connectivity index (χ0v) is 9.84. The Balaban J connectivity index is 3.25. The van der Waals surface area contributed by atoms with Crippen LogP contribution < -0.4 is 17.2 Å². The first-order valence-corrected chi connectivity index (χ1v) is 5.61. The predicted octanol–water partition coefficient (Wildman–Crippen LogP) is 1.09. The Bertz CT molecular complexity index is 253. The van der Waals surface area contributed by atoms with Gasteiger partial charge in [-0.05, 0) is 24.8 Å². The topological polar surface area (TPSA) is 114 Å². The molecule has 0 unspecified atom stereocenters. The Hall–Kier alpha value is -1.52. The molecule has 0 aliphatic carbocycles. The fraction of sp³-hybridized carbons (Fsp3) is 0.636. The zero-order valence-electron chi connectivity index (χ0n) is 9.84. The van der Waals surface area contributed by atoms with E-state index in [2.05, 4.69) is 11.6 Å². The summed E-state index contributed by atoms with van der Waals surface area (Å²) in [6, 6.07) is 0. The highest BCUT2D eigenvalue weighted by Gasteiger charge is 1.97. The largest absolute Gasteiger partial charge is 0.384 e. The summed E-state index contributed by atoms with van der Waals surface area (Å²) in [5.74, 6) is 0.269. The summed E-state index contributed by atoms with van der Waals surface area (Å²) in [6.45, 7) is 4.44. The standard InChI is InChI=1S/C11H23N5/c1-9(10(12)13)7-5-3-2-4-6-8-16-11(14)15/h1-8H2,(H3,12,13)(H4,14,15,16). The van der Waals surface area contributed by atoms with E-state index >= 15 is 0 Å². The van der Waals surface area contributed by atoms with Crippen molar-refractivity contribution in [1.29, 1.82) is 5.41 Å². The quantitative estimate of drug-likeness (QED) is 0.267. The van der Waals surface area contributed by atoms with Crippen molar-refractivity contribution in [2.24, 2.45) is 22.2 Å². The molecule has 0 rings (SSSR count). The molecule has 0 saturated heterocycles. The summed E-state index contributed by atoms with van der Waals surface area (Å²) in [4.78, 5) is 3.91. The molecule has 0 aromatic carbocycles. The predicted molar refractivity (Wildman–Crippen MR) is 69.4 cm³/mol. The van der Waals surface area contributed by atoms with E-state index in [1.54, 1.807) is 0 Å². The number of nitrogens with one attached hydrogen (secondary N) is 1. The van der Waals surface area contributed by atoms with Crippen molar-refractivity contribution in [3.05, 3.63) is 12.2 Å². The Morgan fingerprint density at radius 3 is 2.12 bits per heavy atom. The Morgan fingerprint density at radius 1 is 1.00 bits per heavy atom. The van der Waals surface area contributed by atoms with Gasteiger partial charge in [-0.2, -0.15) is 0 Å². The molecule has 0 aromatic heterocycles. The number of unbranched alkanes of at least 4 members (excludes halogenated alkanes) is 4. The third-order valence-electron chi connectivity index (χ3n) is 2.31. The Kier molecular flexibility index (Phi) is 7.93. The van der Waals surface area contributed by atoms with E-state index in [-0.39, 0.29) is 11.8 Å². The van der Waals surface area contributed by atoms with Crippen LogP contribution >= 0.6 is 0 Å². The van der Waals surface area contributed by atoms with Gasteiger partial charge < -0.3 is 17.2 Å². The van der Waals surface area contributed by atoms with E-state index < -0.39 is 0 Å². The molecule has 0 spiro atoms. The number of nitrogens with zero attached hydrogens (tertiary/aromatic N) is 1. The lowest BCUT2D eigenvalue weighted by Gasteiger charge is -2.03. The maximum Gasteiger partial charge on any atom is 0.185 e. The summed E-state index contributed by atoms with van der Waals surface area (Å²) in [7, 11) is 0. The second kappa shape index (κ2) is 8.76. The van der Waals surface area contributed by atoms with E-state index in [1.165, 1.54) is 0 Å². The van der Waals surface area contributed by atoms with Crippen molar-refractivity contribution in [1.82, 2.24) is 0 Å². The molecule has 7 N–H and O–H groups in total. The average Bonchev–Trinajstić information content (AvgIpc) is 2.21. The second-order valence-corrected chi connectivity index (χ2v) is 3.84. The van der Waals surface area contributed by atoms with E-state index in [0.717, 1.165) is 44.1 Å². The lowest BCUT2D eigenvalue weighted by molar-refractivity contribution is 0.620. The molecule has 0 bridgehead atoms. The molecule has 0 radical (unpaired) electrons. The van der Waals surface area contributed by atoms with Crippen LogP contribution in [-0.2, 0) is 0 Å². The molecule has 92 valence electrons. The van der Waals surface area contributed by atoms with Gasteiger partial charge in [0.2, 0.25) is 0 Å². The van der Waals surface area contributed by atoms with Crippen LogP contribution in [0.5, 0.6) is 0 Å². The first kappa shape index (κ1) is 14.5. The van der Waals surface area contributed by atoms with Crippen LogP contribution in [0.3, 0.4) is 0 Å². The average molecular weight is 225 g/mol. The van der Waals surface area contributed by atoms with Crippen molar-refractivity contribution in [2.75, 3.05) is 6.54 Å². The summed E-state index contributed by atoms with van der Waals surface area (Å²) < 4.78 is 0. The number of hydrogen-bond acceptors (Lipinski definition) is 2. The molecule has 0 heterocycles. The van der Waals surface area contributed by atoms with Crippen LogP contribution in [0.25, 0.3) is 0 Å². The minimum atomic E-state index is 0.104. The van der Waals surface area contributed by atoms with Crippen molar-refractivity contribution in [3.8, 4) is 0 Å².